The van der Waals surface area contributed by atoms with Crippen molar-refractivity contribution in [3.63, 3.8) is 0 Å². The predicted octanol–water partition coefficient (Wildman–Crippen LogP) is 3.57. The summed E-state index contributed by atoms with van der Waals surface area (Å²) in [6.45, 7) is 11.2. The lowest BCUT2D eigenvalue weighted by atomic mass is 9.70. The monoisotopic (exact) mass is 673 g/mol. The molecule has 49 heavy (non-hydrogen) atoms. The second-order valence-corrected chi connectivity index (χ2v) is 13.1. The third-order valence-electron chi connectivity index (χ3n) is 9.89. The highest BCUT2D eigenvalue weighted by molar-refractivity contribution is 6.05. The van der Waals surface area contributed by atoms with Gasteiger partial charge < -0.3 is 34.4 Å². The summed E-state index contributed by atoms with van der Waals surface area (Å²) in [6.07, 6.45) is 3.21. The lowest BCUT2D eigenvalue weighted by Crippen LogP contribution is -2.57. The lowest BCUT2D eigenvalue weighted by Gasteiger charge is -2.37. The number of amides is 3. The number of fused-ring (bicyclic) bond motifs is 1. The molecule has 3 heterocycles. The van der Waals surface area contributed by atoms with Gasteiger partial charge in [0.25, 0.3) is 5.91 Å². The number of nitrogens with zero attached hydrogens (tertiary/aromatic N) is 2. The standard InChI is InChI=1S/C38H47N3O8/c1-6-8-14-30(43)39-27(23-47-5)33(26-12-10-9-11-13-26)48-37(46)31-29-17-18-38(49-29)32(31)35(44)41(20-21-42)34(38)36(45)40(19-7-2)28-22-24(3)15-16-25(28)4/h6-7,9-13,15-16,22,27,29,31-34,42H,1-2,8,14,17-21,23H2,3-5H3,(H,39,43)/t27-,29-,31+,32+,33-,34-,38+/m0/s1. The molecule has 1 spiro atoms. The van der Waals surface area contributed by atoms with Crippen molar-refractivity contribution in [1.82, 2.24) is 10.2 Å². The molecule has 3 aliphatic rings. The number of aliphatic hydroxyl groups excluding tert-OH is 1. The molecular formula is C38H47N3O8. The fourth-order valence-electron chi connectivity index (χ4n) is 7.77. The Bertz CT molecular complexity index is 1560. The molecule has 2 aromatic rings. The molecule has 0 aliphatic carbocycles. The maximum atomic E-state index is 14.7. The van der Waals surface area contributed by atoms with E-state index in [1.165, 1.54) is 12.0 Å². The summed E-state index contributed by atoms with van der Waals surface area (Å²) in [5, 5.41) is 13.0. The van der Waals surface area contributed by atoms with E-state index in [1.807, 2.05) is 50.2 Å². The fourth-order valence-corrected chi connectivity index (χ4v) is 7.77. The van der Waals surface area contributed by atoms with Crippen LogP contribution in [0, 0.1) is 25.7 Å². The van der Waals surface area contributed by atoms with Gasteiger partial charge in [-0.05, 0) is 55.9 Å². The Hall–Kier alpha value is -4.32. The molecule has 3 amide bonds. The molecule has 2 bridgehead atoms. The number of benzene rings is 2. The quantitative estimate of drug-likeness (QED) is 0.204. The molecule has 11 heteroatoms. The number of likely N-dealkylation sites (tertiary alicyclic amines) is 1. The van der Waals surface area contributed by atoms with Crippen molar-refractivity contribution in [3.05, 3.63) is 90.5 Å². The van der Waals surface area contributed by atoms with E-state index in [0.717, 1.165) is 11.1 Å². The highest BCUT2D eigenvalue weighted by atomic mass is 16.6. The van der Waals surface area contributed by atoms with E-state index in [0.29, 0.717) is 30.5 Å². The molecule has 7 atom stereocenters. The van der Waals surface area contributed by atoms with E-state index >= 15 is 0 Å². The van der Waals surface area contributed by atoms with Gasteiger partial charge in [-0.1, -0.05) is 54.6 Å². The summed E-state index contributed by atoms with van der Waals surface area (Å²) in [4.78, 5) is 59.1. The molecule has 0 radical (unpaired) electrons. The summed E-state index contributed by atoms with van der Waals surface area (Å²) in [5.74, 6) is -3.70. The summed E-state index contributed by atoms with van der Waals surface area (Å²) < 4.78 is 18.3. The smallest absolute Gasteiger partial charge is 0.313 e. The zero-order chi connectivity index (χ0) is 35.3. The number of allylic oxidation sites excluding steroid dienone is 1. The van der Waals surface area contributed by atoms with Crippen LogP contribution in [0.1, 0.15) is 48.5 Å². The normalized spacial score (nSPS) is 25.0. The molecule has 3 fully saturated rings. The summed E-state index contributed by atoms with van der Waals surface area (Å²) in [5.41, 5.74) is 1.88. The molecule has 3 saturated heterocycles. The van der Waals surface area contributed by atoms with Crippen LogP contribution in [0.2, 0.25) is 0 Å². The average Bonchev–Trinajstić information content (AvgIpc) is 3.74. The van der Waals surface area contributed by atoms with Crippen molar-refractivity contribution >= 4 is 29.4 Å². The van der Waals surface area contributed by atoms with E-state index in [9.17, 15) is 24.3 Å². The zero-order valence-electron chi connectivity index (χ0n) is 28.5. The third-order valence-corrected chi connectivity index (χ3v) is 9.89. The number of esters is 1. The average molecular weight is 674 g/mol. The molecule has 2 N–H and O–H groups in total. The van der Waals surface area contributed by atoms with Crippen LogP contribution in [-0.2, 0) is 33.4 Å². The summed E-state index contributed by atoms with van der Waals surface area (Å²) >= 11 is 0. The Morgan fingerprint density at radius 1 is 1.16 bits per heavy atom. The maximum Gasteiger partial charge on any atom is 0.313 e. The van der Waals surface area contributed by atoms with Crippen LogP contribution < -0.4 is 10.2 Å². The van der Waals surface area contributed by atoms with Crippen molar-refractivity contribution in [2.45, 2.75) is 69.4 Å². The SMILES string of the molecule is C=CCCC(=O)N[C@@H](COC)[C@@H](OC(=O)[C@@H]1[C@@H]2CC[C@]3(O2)[C@H](C(=O)N(CC=C)c2cc(C)ccc2C)N(CCO)C(=O)[C@@H]13)c1ccccc1. The molecule has 11 nitrogen and oxygen atoms in total. The third kappa shape index (κ3) is 6.92. The number of carbonyl (C=O) groups is 4. The minimum atomic E-state index is -1.29. The Kier molecular flexibility index (Phi) is 11.4. The number of ether oxygens (including phenoxy) is 3. The Balaban J connectivity index is 1.49. The summed E-state index contributed by atoms with van der Waals surface area (Å²) in [7, 11) is 1.50. The van der Waals surface area contributed by atoms with Crippen LogP contribution in [0.25, 0.3) is 0 Å². The molecule has 0 unspecified atom stereocenters. The van der Waals surface area contributed by atoms with E-state index in [2.05, 4.69) is 18.5 Å². The first-order chi connectivity index (χ1) is 23.6. The molecule has 0 aromatic heterocycles. The van der Waals surface area contributed by atoms with Gasteiger partial charge in [0.15, 0.2) is 0 Å². The van der Waals surface area contributed by atoms with Gasteiger partial charge >= 0.3 is 5.97 Å². The van der Waals surface area contributed by atoms with E-state index in [1.54, 1.807) is 29.2 Å². The van der Waals surface area contributed by atoms with E-state index < -0.39 is 53.6 Å². The molecule has 0 saturated carbocycles. The number of hydrogen-bond donors (Lipinski definition) is 2. The van der Waals surface area contributed by atoms with Crippen molar-refractivity contribution in [3.8, 4) is 0 Å². The molecule has 262 valence electrons. The largest absolute Gasteiger partial charge is 0.455 e. The number of nitrogens with one attached hydrogen (secondary N) is 1. The van der Waals surface area contributed by atoms with Crippen LogP contribution in [0.5, 0.6) is 0 Å². The van der Waals surface area contributed by atoms with Gasteiger partial charge in [-0.15, -0.1) is 13.2 Å². The van der Waals surface area contributed by atoms with E-state index in [-0.39, 0.29) is 44.5 Å². The lowest BCUT2D eigenvalue weighted by molar-refractivity contribution is -0.163. The first-order valence-corrected chi connectivity index (χ1v) is 16.8. The van der Waals surface area contributed by atoms with Gasteiger partial charge in [0.05, 0.1) is 37.2 Å². The van der Waals surface area contributed by atoms with Crippen molar-refractivity contribution < 1.29 is 38.5 Å². The van der Waals surface area contributed by atoms with Crippen molar-refractivity contribution in [2.24, 2.45) is 11.8 Å². The second kappa shape index (κ2) is 15.5. The van der Waals surface area contributed by atoms with Gasteiger partial charge in [-0.3, -0.25) is 19.2 Å². The van der Waals surface area contributed by atoms with Gasteiger partial charge in [0.1, 0.15) is 17.7 Å². The molecule has 2 aromatic carbocycles. The minimum absolute atomic E-state index is 0.0575. The first-order valence-electron chi connectivity index (χ1n) is 16.8. The van der Waals surface area contributed by atoms with Gasteiger partial charge in [0.2, 0.25) is 11.8 Å². The number of aryl methyl sites for hydroxylation is 2. The number of rotatable bonds is 16. The number of carbonyl (C=O) groups excluding carboxylic acids is 4. The highest BCUT2D eigenvalue weighted by Crippen LogP contribution is 2.59. The van der Waals surface area contributed by atoms with Crippen LogP contribution in [0.3, 0.4) is 0 Å². The number of anilines is 1. The predicted molar refractivity (Wildman–Crippen MR) is 183 cm³/mol. The van der Waals surface area contributed by atoms with Crippen molar-refractivity contribution in [2.75, 3.05) is 38.3 Å². The van der Waals surface area contributed by atoms with Crippen LogP contribution in [-0.4, -0.2) is 90.9 Å². The van der Waals surface area contributed by atoms with Crippen LogP contribution >= 0.6 is 0 Å². The highest BCUT2D eigenvalue weighted by Gasteiger charge is 2.75. The van der Waals surface area contributed by atoms with Gasteiger partial charge in [-0.2, -0.15) is 0 Å². The molecule has 3 aliphatic heterocycles. The molecular weight excluding hydrogens is 626 g/mol. The zero-order valence-corrected chi connectivity index (χ0v) is 28.5. The first kappa shape index (κ1) is 36.0. The van der Waals surface area contributed by atoms with E-state index in [4.69, 9.17) is 14.2 Å². The minimum Gasteiger partial charge on any atom is -0.455 e. The van der Waals surface area contributed by atoms with Crippen molar-refractivity contribution in [1.29, 1.82) is 0 Å². The van der Waals surface area contributed by atoms with Gasteiger partial charge in [0, 0.05) is 32.3 Å². The molecule has 5 rings (SSSR count). The number of hydrogen-bond acceptors (Lipinski definition) is 8. The Morgan fingerprint density at radius 3 is 2.59 bits per heavy atom. The topological polar surface area (TPSA) is 135 Å². The maximum absolute atomic E-state index is 14.7. The Morgan fingerprint density at radius 2 is 1.92 bits per heavy atom. The Labute approximate surface area is 287 Å². The van der Waals surface area contributed by atoms with Crippen LogP contribution in [0.4, 0.5) is 5.69 Å². The number of aliphatic hydroxyl groups is 1. The number of β-amino-alcohol motifs (C(OH)–C–C–N with tert-alkyl or cyclic N) is 1. The van der Waals surface area contributed by atoms with Gasteiger partial charge in [-0.25, -0.2) is 0 Å². The second-order valence-electron chi connectivity index (χ2n) is 13.1. The van der Waals surface area contributed by atoms with Crippen LogP contribution in [0.15, 0.2) is 73.8 Å². The fraction of sp³-hybridized carbons (Fsp3) is 0.474. The summed E-state index contributed by atoms with van der Waals surface area (Å²) in [6, 6.07) is 13.1. The number of methoxy groups -OCH3 is 1.